The SMILES string of the molecule is COc1ccc(C(C)(C)C)cc1NC(=O)CCNS(=O)(=O)C=Cc1ccc(C)cc1. The van der Waals surface area contributed by atoms with Crippen molar-refractivity contribution in [2.45, 2.75) is 39.5 Å². The Bertz CT molecular complexity index is 1000. The van der Waals surface area contributed by atoms with Crippen LogP contribution < -0.4 is 14.8 Å². The molecular formula is C23H30N2O4S. The van der Waals surface area contributed by atoms with Gasteiger partial charge in [0.15, 0.2) is 0 Å². The summed E-state index contributed by atoms with van der Waals surface area (Å²) in [5.74, 6) is 0.252. The summed E-state index contributed by atoms with van der Waals surface area (Å²) in [5, 5.41) is 3.91. The maximum absolute atomic E-state index is 12.3. The molecule has 0 bridgehead atoms. The molecule has 0 aliphatic heterocycles. The van der Waals surface area contributed by atoms with Crippen LogP contribution in [0.15, 0.2) is 47.9 Å². The molecule has 0 fully saturated rings. The van der Waals surface area contributed by atoms with Crippen molar-refractivity contribution in [2.24, 2.45) is 0 Å². The first-order valence-electron chi connectivity index (χ1n) is 9.73. The van der Waals surface area contributed by atoms with Gasteiger partial charge in [0, 0.05) is 18.4 Å². The molecule has 7 heteroatoms. The fourth-order valence-electron chi connectivity index (χ4n) is 2.69. The van der Waals surface area contributed by atoms with Crippen molar-refractivity contribution in [2.75, 3.05) is 19.0 Å². The lowest BCUT2D eigenvalue weighted by molar-refractivity contribution is -0.116. The highest BCUT2D eigenvalue weighted by atomic mass is 32.2. The molecule has 162 valence electrons. The summed E-state index contributed by atoms with van der Waals surface area (Å²) < 4.78 is 32.0. The van der Waals surface area contributed by atoms with E-state index in [1.807, 2.05) is 49.4 Å². The van der Waals surface area contributed by atoms with E-state index in [1.54, 1.807) is 0 Å². The van der Waals surface area contributed by atoms with Crippen molar-refractivity contribution < 1.29 is 17.9 Å². The summed E-state index contributed by atoms with van der Waals surface area (Å²) in [6.07, 6.45) is 1.52. The van der Waals surface area contributed by atoms with E-state index in [0.717, 1.165) is 22.1 Å². The average molecular weight is 431 g/mol. The molecule has 0 aromatic heterocycles. The van der Waals surface area contributed by atoms with Crippen molar-refractivity contribution >= 4 is 27.7 Å². The molecule has 0 atom stereocenters. The minimum atomic E-state index is -3.63. The Balaban J connectivity index is 1.93. The Morgan fingerprint density at radius 1 is 1.10 bits per heavy atom. The molecular weight excluding hydrogens is 400 g/mol. The van der Waals surface area contributed by atoms with Crippen molar-refractivity contribution in [3.8, 4) is 5.75 Å². The van der Waals surface area contributed by atoms with Crippen LogP contribution in [0.4, 0.5) is 5.69 Å². The van der Waals surface area contributed by atoms with Crippen molar-refractivity contribution in [3.63, 3.8) is 0 Å². The number of hydrogen-bond donors (Lipinski definition) is 2. The maximum Gasteiger partial charge on any atom is 0.233 e. The average Bonchev–Trinajstić information content (AvgIpc) is 2.66. The van der Waals surface area contributed by atoms with E-state index in [0.29, 0.717) is 11.4 Å². The molecule has 0 aliphatic carbocycles. The lowest BCUT2D eigenvalue weighted by Crippen LogP contribution is -2.26. The number of carbonyl (C=O) groups excluding carboxylic acids is 1. The van der Waals surface area contributed by atoms with Gasteiger partial charge >= 0.3 is 0 Å². The zero-order chi connectivity index (χ0) is 22.4. The van der Waals surface area contributed by atoms with Gasteiger partial charge in [-0.1, -0.05) is 56.7 Å². The van der Waals surface area contributed by atoms with Crippen molar-refractivity contribution in [3.05, 3.63) is 64.6 Å². The minimum absolute atomic E-state index is 0.000497. The lowest BCUT2D eigenvalue weighted by atomic mass is 9.87. The third-order valence-electron chi connectivity index (χ3n) is 4.51. The standard InChI is InChI=1S/C23H30N2O4S/c1-17-6-8-18(9-7-17)13-15-30(27,28)24-14-12-22(26)25-20-16-19(23(2,3)4)10-11-21(20)29-5/h6-11,13,15-16,24H,12,14H2,1-5H3,(H,25,26). The van der Waals surface area contributed by atoms with Crippen LogP contribution in [0, 0.1) is 6.92 Å². The van der Waals surface area contributed by atoms with E-state index < -0.39 is 10.0 Å². The molecule has 0 unspecified atom stereocenters. The molecule has 30 heavy (non-hydrogen) atoms. The largest absolute Gasteiger partial charge is 0.495 e. The fraction of sp³-hybridized carbons (Fsp3) is 0.348. The number of nitrogens with one attached hydrogen (secondary N) is 2. The van der Waals surface area contributed by atoms with Gasteiger partial charge in [-0.2, -0.15) is 0 Å². The number of aryl methyl sites for hydroxylation is 1. The van der Waals surface area contributed by atoms with E-state index in [-0.39, 0.29) is 24.3 Å². The number of benzene rings is 2. The van der Waals surface area contributed by atoms with Gasteiger partial charge in [-0.15, -0.1) is 0 Å². The number of methoxy groups -OCH3 is 1. The van der Waals surface area contributed by atoms with Crippen LogP contribution >= 0.6 is 0 Å². The quantitative estimate of drug-likeness (QED) is 0.657. The summed E-state index contributed by atoms with van der Waals surface area (Å²) in [7, 11) is -2.09. The van der Waals surface area contributed by atoms with E-state index in [4.69, 9.17) is 4.74 Å². The van der Waals surface area contributed by atoms with Gasteiger partial charge < -0.3 is 10.1 Å². The van der Waals surface area contributed by atoms with Gasteiger partial charge in [0.25, 0.3) is 0 Å². The highest BCUT2D eigenvalue weighted by Gasteiger charge is 2.17. The van der Waals surface area contributed by atoms with Crippen LogP contribution in [-0.4, -0.2) is 28.0 Å². The third-order valence-corrected chi connectivity index (χ3v) is 5.61. The summed E-state index contributed by atoms with van der Waals surface area (Å²) >= 11 is 0. The second kappa shape index (κ2) is 9.91. The Kier molecular flexibility index (Phi) is 7.81. The van der Waals surface area contributed by atoms with Gasteiger partial charge in [-0.05, 0) is 41.7 Å². The second-order valence-electron chi connectivity index (χ2n) is 8.12. The number of rotatable bonds is 8. The fourth-order valence-corrected chi connectivity index (χ4v) is 3.50. The molecule has 2 aromatic rings. The number of ether oxygens (including phenoxy) is 1. The highest BCUT2D eigenvalue weighted by molar-refractivity contribution is 7.92. The molecule has 0 saturated heterocycles. The predicted octanol–water partition coefficient (Wildman–Crippen LogP) is 4.22. The molecule has 0 saturated carbocycles. The van der Waals surface area contributed by atoms with Gasteiger partial charge in [-0.3, -0.25) is 4.79 Å². The zero-order valence-corrected chi connectivity index (χ0v) is 19.0. The second-order valence-corrected chi connectivity index (χ2v) is 9.77. The molecule has 0 aliphatic rings. The zero-order valence-electron chi connectivity index (χ0n) is 18.2. The number of carbonyl (C=O) groups is 1. The van der Waals surface area contributed by atoms with Crippen LogP contribution in [0.25, 0.3) is 6.08 Å². The molecule has 0 radical (unpaired) electrons. The van der Waals surface area contributed by atoms with Crippen LogP contribution in [0.5, 0.6) is 5.75 Å². The first-order chi connectivity index (χ1) is 14.0. The number of hydrogen-bond acceptors (Lipinski definition) is 4. The lowest BCUT2D eigenvalue weighted by Gasteiger charge is -2.21. The molecule has 0 heterocycles. The topological polar surface area (TPSA) is 84.5 Å². The number of amides is 1. The van der Waals surface area contributed by atoms with Crippen molar-refractivity contribution in [1.82, 2.24) is 4.72 Å². The molecule has 1 amide bonds. The van der Waals surface area contributed by atoms with E-state index in [9.17, 15) is 13.2 Å². The van der Waals surface area contributed by atoms with Gasteiger partial charge in [0.2, 0.25) is 15.9 Å². The Morgan fingerprint density at radius 3 is 2.37 bits per heavy atom. The number of sulfonamides is 1. The highest BCUT2D eigenvalue weighted by Crippen LogP contribution is 2.31. The van der Waals surface area contributed by atoms with E-state index in [2.05, 4.69) is 30.8 Å². The molecule has 2 rings (SSSR count). The minimum Gasteiger partial charge on any atom is -0.495 e. The molecule has 2 aromatic carbocycles. The third kappa shape index (κ3) is 7.31. The smallest absolute Gasteiger partial charge is 0.233 e. The number of anilines is 1. The summed E-state index contributed by atoms with van der Waals surface area (Å²) in [6, 6.07) is 13.2. The first-order valence-corrected chi connectivity index (χ1v) is 11.3. The predicted molar refractivity (Wildman–Crippen MR) is 122 cm³/mol. The van der Waals surface area contributed by atoms with Crippen LogP contribution in [0.1, 0.15) is 43.9 Å². The molecule has 2 N–H and O–H groups in total. The summed E-state index contributed by atoms with van der Waals surface area (Å²) in [4.78, 5) is 12.3. The van der Waals surface area contributed by atoms with Gasteiger partial charge in [0.05, 0.1) is 12.8 Å². The normalized spacial score (nSPS) is 12.2. The Morgan fingerprint density at radius 2 is 1.77 bits per heavy atom. The summed E-state index contributed by atoms with van der Waals surface area (Å²) in [6.45, 7) is 8.21. The van der Waals surface area contributed by atoms with E-state index >= 15 is 0 Å². The maximum atomic E-state index is 12.3. The van der Waals surface area contributed by atoms with Gasteiger partial charge in [0.1, 0.15) is 5.75 Å². The first kappa shape index (κ1) is 23.6. The monoisotopic (exact) mass is 430 g/mol. The van der Waals surface area contributed by atoms with Crippen LogP contribution in [0.3, 0.4) is 0 Å². The van der Waals surface area contributed by atoms with Crippen LogP contribution in [-0.2, 0) is 20.2 Å². The van der Waals surface area contributed by atoms with E-state index in [1.165, 1.54) is 13.2 Å². The van der Waals surface area contributed by atoms with Crippen LogP contribution in [0.2, 0.25) is 0 Å². The summed E-state index contributed by atoms with van der Waals surface area (Å²) in [5.41, 5.74) is 3.43. The molecule has 0 spiro atoms. The Hall–Kier alpha value is -2.64. The Labute approximate surface area is 179 Å². The van der Waals surface area contributed by atoms with Gasteiger partial charge in [-0.25, -0.2) is 13.1 Å². The van der Waals surface area contributed by atoms with Crippen molar-refractivity contribution in [1.29, 1.82) is 0 Å². The molecule has 6 nitrogen and oxygen atoms in total.